The number of allylic oxidation sites excluding steroid dienone is 2. The van der Waals surface area contributed by atoms with Crippen LogP contribution >= 0.6 is 0 Å². The number of hydrogen-bond acceptors (Lipinski definition) is 7. The van der Waals surface area contributed by atoms with E-state index in [4.69, 9.17) is 33.2 Å². The number of methoxy groups -OCH3 is 2. The van der Waals surface area contributed by atoms with Crippen LogP contribution in [0.1, 0.15) is 182 Å². The van der Waals surface area contributed by atoms with Gasteiger partial charge in [-0.15, -0.1) is 0 Å². The first-order chi connectivity index (χ1) is 24.1. The van der Waals surface area contributed by atoms with Gasteiger partial charge >= 0.3 is 0 Å². The Kier molecular flexibility index (Phi) is 39.3. The van der Waals surface area contributed by atoms with E-state index in [0.717, 1.165) is 77.8 Å². The van der Waals surface area contributed by atoms with Gasteiger partial charge in [-0.2, -0.15) is 0 Å². The minimum atomic E-state index is -0.396. The molecule has 0 bridgehead atoms. The third-order valence-electron chi connectivity index (χ3n) is 8.47. The summed E-state index contributed by atoms with van der Waals surface area (Å²) in [6, 6.07) is 0. The van der Waals surface area contributed by atoms with Gasteiger partial charge < -0.3 is 33.2 Å². The van der Waals surface area contributed by atoms with E-state index in [0.29, 0.717) is 0 Å². The van der Waals surface area contributed by atoms with E-state index < -0.39 is 12.6 Å². The predicted molar refractivity (Wildman–Crippen MR) is 206 cm³/mol. The van der Waals surface area contributed by atoms with E-state index in [-0.39, 0.29) is 12.6 Å². The highest BCUT2D eigenvalue weighted by atomic mass is 16.8. The van der Waals surface area contributed by atoms with E-state index in [2.05, 4.69) is 39.8 Å². The SMILES string of the molecule is CCCOC(CCCCCCCCCCC=CC(OC)OC(C=CCCCCCCCCCCC(OCCC)OCCC)OC)OCCC. The van der Waals surface area contributed by atoms with Gasteiger partial charge in [0, 0.05) is 40.6 Å². The summed E-state index contributed by atoms with van der Waals surface area (Å²) in [5.41, 5.74) is 0. The lowest BCUT2D eigenvalue weighted by atomic mass is 10.1. The molecule has 0 spiro atoms. The molecule has 0 aliphatic carbocycles. The Morgan fingerprint density at radius 1 is 0.388 bits per heavy atom. The van der Waals surface area contributed by atoms with Crippen LogP contribution in [-0.4, -0.2) is 65.8 Å². The van der Waals surface area contributed by atoms with Crippen molar-refractivity contribution in [1.82, 2.24) is 0 Å². The van der Waals surface area contributed by atoms with Crippen molar-refractivity contribution in [3.05, 3.63) is 24.3 Å². The largest absolute Gasteiger partial charge is 0.353 e. The summed E-state index contributed by atoms with van der Waals surface area (Å²) in [6.45, 7) is 11.8. The van der Waals surface area contributed by atoms with Crippen molar-refractivity contribution in [1.29, 1.82) is 0 Å². The summed E-state index contributed by atoms with van der Waals surface area (Å²) < 4.78 is 40.4. The molecule has 0 saturated heterocycles. The Balaban J connectivity index is 3.84. The minimum Gasteiger partial charge on any atom is -0.353 e. The van der Waals surface area contributed by atoms with E-state index in [9.17, 15) is 0 Å². The highest BCUT2D eigenvalue weighted by molar-refractivity contribution is 4.89. The lowest BCUT2D eigenvalue weighted by molar-refractivity contribution is -0.188. The zero-order valence-electron chi connectivity index (χ0n) is 33.3. The molecule has 0 aromatic carbocycles. The van der Waals surface area contributed by atoms with Crippen molar-refractivity contribution in [3.63, 3.8) is 0 Å². The van der Waals surface area contributed by atoms with E-state index in [1.165, 1.54) is 103 Å². The van der Waals surface area contributed by atoms with Gasteiger partial charge in [0.2, 0.25) is 0 Å². The van der Waals surface area contributed by atoms with Gasteiger partial charge in [-0.1, -0.05) is 117 Å². The Morgan fingerprint density at radius 2 is 0.673 bits per heavy atom. The van der Waals surface area contributed by atoms with Crippen molar-refractivity contribution in [3.8, 4) is 0 Å². The molecule has 0 radical (unpaired) electrons. The van der Waals surface area contributed by atoms with Crippen molar-refractivity contribution in [2.24, 2.45) is 0 Å². The number of rotatable bonds is 40. The summed E-state index contributed by atoms with van der Waals surface area (Å²) in [4.78, 5) is 0. The molecule has 0 aromatic heterocycles. The molecule has 0 aromatic rings. The Morgan fingerprint density at radius 3 is 0.959 bits per heavy atom. The summed E-state index contributed by atoms with van der Waals surface area (Å²) in [5, 5.41) is 0. The second kappa shape index (κ2) is 40.0. The number of hydrogen-bond donors (Lipinski definition) is 0. The molecule has 2 unspecified atom stereocenters. The highest BCUT2D eigenvalue weighted by Crippen LogP contribution is 2.16. The van der Waals surface area contributed by atoms with Crippen molar-refractivity contribution >= 4 is 0 Å². The van der Waals surface area contributed by atoms with Crippen molar-refractivity contribution in [2.45, 2.75) is 207 Å². The predicted octanol–water partition coefficient (Wildman–Crippen LogP) is 12.2. The first-order valence-corrected chi connectivity index (χ1v) is 20.7. The van der Waals surface area contributed by atoms with Crippen molar-refractivity contribution in [2.75, 3.05) is 40.6 Å². The Bertz CT molecular complexity index is 614. The van der Waals surface area contributed by atoms with Gasteiger partial charge in [-0.05, 0) is 89.2 Å². The molecule has 292 valence electrons. The van der Waals surface area contributed by atoms with Gasteiger partial charge in [0.25, 0.3) is 0 Å². The molecule has 0 amide bonds. The topological polar surface area (TPSA) is 64.6 Å². The quantitative estimate of drug-likeness (QED) is 0.0358. The summed E-state index contributed by atoms with van der Waals surface area (Å²) >= 11 is 0. The lowest BCUT2D eigenvalue weighted by Crippen LogP contribution is -2.22. The van der Waals surface area contributed by atoms with Gasteiger partial charge in [-0.3, -0.25) is 0 Å². The van der Waals surface area contributed by atoms with E-state index in [1.807, 2.05) is 12.2 Å². The fourth-order valence-corrected chi connectivity index (χ4v) is 5.60. The molecule has 0 fully saturated rings. The molecule has 2 atom stereocenters. The van der Waals surface area contributed by atoms with E-state index >= 15 is 0 Å². The van der Waals surface area contributed by atoms with Crippen LogP contribution in [0.2, 0.25) is 0 Å². The highest BCUT2D eigenvalue weighted by Gasteiger charge is 2.11. The van der Waals surface area contributed by atoms with Gasteiger partial charge in [-0.25, -0.2) is 0 Å². The van der Waals surface area contributed by atoms with Gasteiger partial charge in [0.15, 0.2) is 25.2 Å². The standard InChI is InChI=1S/C42H82O7/c1-7-35-45-41(46-36-8-2)33-29-25-21-17-13-11-15-19-23-27-31-39(43-5)49-40(44-6)32-28-24-20-16-12-14-18-22-26-30-34-42(47-37-9-3)48-38-10-4/h27-28,31-32,39-42H,7-26,29-30,33-38H2,1-6H3. The third-order valence-corrected chi connectivity index (χ3v) is 8.47. The average Bonchev–Trinajstić information content (AvgIpc) is 3.12. The molecule has 0 heterocycles. The first-order valence-electron chi connectivity index (χ1n) is 20.7. The smallest absolute Gasteiger partial charge is 0.179 e. The fourth-order valence-electron chi connectivity index (χ4n) is 5.60. The normalized spacial score (nSPS) is 13.6. The lowest BCUT2D eigenvalue weighted by Gasteiger charge is -2.18. The molecule has 0 N–H and O–H groups in total. The molecule has 0 aliphatic heterocycles. The van der Waals surface area contributed by atoms with Crippen LogP contribution in [0.4, 0.5) is 0 Å². The molecule has 0 rings (SSSR count). The molecule has 0 saturated carbocycles. The molecule has 7 nitrogen and oxygen atoms in total. The molecular weight excluding hydrogens is 616 g/mol. The van der Waals surface area contributed by atoms with Crippen LogP contribution in [-0.2, 0) is 33.2 Å². The molecule has 7 heteroatoms. The zero-order chi connectivity index (χ0) is 35.9. The molecule has 0 aliphatic rings. The third kappa shape index (κ3) is 34.1. The van der Waals surface area contributed by atoms with Crippen LogP contribution in [0.15, 0.2) is 24.3 Å². The van der Waals surface area contributed by atoms with Crippen LogP contribution in [0.3, 0.4) is 0 Å². The second-order valence-electron chi connectivity index (χ2n) is 13.4. The summed E-state index contributed by atoms with van der Waals surface area (Å²) in [7, 11) is 3.37. The van der Waals surface area contributed by atoms with Crippen molar-refractivity contribution < 1.29 is 33.2 Å². The summed E-state index contributed by atoms with van der Waals surface area (Å²) in [5.74, 6) is 0. The Labute approximate surface area is 304 Å². The minimum absolute atomic E-state index is 0.00844. The van der Waals surface area contributed by atoms with Crippen LogP contribution in [0, 0.1) is 0 Å². The first kappa shape index (κ1) is 48.2. The van der Waals surface area contributed by atoms with Crippen LogP contribution in [0.5, 0.6) is 0 Å². The summed E-state index contributed by atoms with van der Waals surface area (Å²) in [6.07, 6.45) is 36.3. The maximum Gasteiger partial charge on any atom is 0.179 e. The Hall–Kier alpha value is -0.800. The zero-order valence-corrected chi connectivity index (χ0v) is 33.3. The number of unbranched alkanes of at least 4 members (excludes halogenated alkanes) is 16. The van der Waals surface area contributed by atoms with Gasteiger partial charge in [0.1, 0.15) is 0 Å². The fraction of sp³-hybridized carbons (Fsp3) is 0.905. The molecule has 49 heavy (non-hydrogen) atoms. The van der Waals surface area contributed by atoms with Gasteiger partial charge in [0.05, 0.1) is 0 Å². The van der Waals surface area contributed by atoms with Crippen LogP contribution in [0.25, 0.3) is 0 Å². The van der Waals surface area contributed by atoms with Crippen LogP contribution < -0.4 is 0 Å². The maximum absolute atomic E-state index is 5.99. The number of ether oxygens (including phenoxy) is 7. The average molecular weight is 699 g/mol. The van der Waals surface area contributed by atoms with E-state index in [1.54, 1.807) is 14.2 Å². The molecular formula is C42H82O7. The second-order valence-corrected chi connectivity index (χ2v) is 13.4. The monoisotopic (exact) mass is 699 g/mol. The maximum atomic E-state index is 5.99.